The molecule has 1 aromatic heterocycles. The first-order valence-corrected chi connectivity index (χ1v) is 8.47. The zero-order valence-electron chi connectivity index (χ0n) is 13.2. The Balaban J connectivity index is 1.56. The summed E-state index contributed by atoms with van der Waals surface area (Å²) < 4.78 is 0. The minimum Gasteiger partial charge on any atom is -0.326 e. The number of nitrogens with zero attached hydrogens (tertiary/aromatic N) is 1. The molecule has 0 saturated carbocycles. The number of amides is 2. The smallest absolute Gasteiger partial charge is 0.227 e. The average molecular weight is 329 g/mol. The van der Waals surface area contributed by atoms with Crippen molar-refractivity contribution in [2.45, 2.75) is 33.1 Å². The molecule has 2 aromatic rings. The lowest BCUT2D eigenvalue weighted by molar-refractivity contribution is -0.121. The van der Waals surface area contributed by atoms with E-state index < -0.39 is 0 Å². The Labute approximate surface area is 139 Å². The average Bonchev–Trinajstić information content (AvgIpc) is 2.83. The highest BCUT2D eigenvalue weighted by Gasteiger charge is 2.26. The van der Waals surface area contributed by atoms with Crippen LogP contribution in [0.15, 0.2) is 24.3 Å². The van der Waals surface area contributed by atoms with E-state index in [1.165, 1.54) is 11.3 Å². The van der Waals surface area contributed by atoms with Gasteiger partial charge in [-0.1, -0.05) is 18.2 Å². The molecule has 1 aliphatic heterocycles. The summed E-state index contributed by atoms with van der Waals surface area (Å²) in [7, 11) is 0. The van der Waals surface area contributed by atoms with Gasteiger partial charge in [-0.2, -0.15) is 0 Å². The summed E-state index contributed by atoms with van der Waals surface area (Å²) in [6.45, 7) is 3.90. The van der Waals surface area contributed by atoms with Gasteiger partial charge in [-0.05, 0) is 38.3 Å². The van der Waals surface area contributed by atoms with Crippen molar-refractivity contribution in [3.05, 3.63) is 40.4 Å². The number of hydrogen-bond acceptors (Lipinski definition) is 4. The lowest BCUT2D eigenvalue weighted by atomic mass is 9.89. The van der Waals surface area contributed by atoms with Crippen molar-refractivity contribution in [2.75, 3.05) is 10.6 Å². The molecule has 2 amide bonds. The number of aromatic nitrogens is 1. The first-order valence-electron chi connectivity index (χ1n) is 7.65. The number of hydrogen-bond donors (Lipinski definition) is 2. The second kappa shape index (κ2) is 6.50. The van der Waals surface area contributed by atoms with E-state index in [1.807, 2.05) is 38.1 Å². The van der Waals surface area contributed by atoms with Crippen molar-refractivity contribution in [2.24, 2.45) is 5.92 Å². The predicted octanol–water partition coefficient (Wildman–Crippen LogP) is 3.29. The monoisotopic (exact) mass is 329 g/mol. The highest BCUT2D eigenvalue weighted by Crippen LogP contribution is 2.28. The maximum absolute atomic E-state index is 12.1. The zero-order chi connectivity index (χ0) is 16.4. The number of para-hydroxylation sites is 1. The van der Waals surface area contributed by atoms with Crippen LogP contribution < -0.4 is 10.6 Å². The van der Waals surface area contributed by atoms with E-state index in [-0.39, 0.29) is 17.7 Å². The number of rotatable bonds is 4. The van der Waals surface area contributed by atoms with Gasteiger partial charge in [0.1, 0.15) is 0 Å². The van der Waals surface area contributed by atoms with Gasteiger partial charge in [0.2, 0.25) is 11.8 Å². The quantitative estimate of drug-likeness (QED) is 0.904. The van der Waals surface area contributed by atoms with Crippen LogP contribution in [0.3, 0.4) is 0 Å². The second-order valence-electron chi connectivity index (χ2n) is 5.79. The molecule has 0 spiro atoms. The number of nitrogens with one attached hydrogen (secondary N) is 2. The van der Waals surface area contributed by atoms with Gasteiger partial charge in [-0.15, -0.1) is 11.3 Å². The molecule has 0 radical (unpaired) electrons. The van der Waals surface area contributed by atoms with E-state index in [9.17, 15) is 9.59 Å². The second-order valence-corrected chi connectivity index (χ2v) is 7.00. The first-order chi connectivity index (χ1) is 11.0. The number of carbonyl (C=O) groups is 2. The largest absolute Gasteiger partial charge is 0.326 e. The van der Waals surface area contributed by atoms with Crippen LogP contribution >= 0.6 is 11.3 Å². The number of aryl methyl sites for hydroxylation is 2. The van der Waals surface area contributed by atoms with Gasteiger partial charge in [0.25, 0.3) is 0 Å². The molecule has 3 rings (SSSR count). The van der Waals surface area contributed by atoms with Gasteiger partial charge < -0.3 is 10.6 Å². The van der Waals surface area contributed by atoms with Crippen LogP contribution in [-0.2, 0) is 16.0 Å². The molecule has 5 nitrogen and oxygen atoms in total. The number of benzene rings is 1. The van der Waals surface area contributed by atoms with E-state index in [2.05, 4.69) is 15.6 Å². The normalized spacial score (nSPS) is 16.6. The van der Waals surface area contributed by atoms with Gasteiger partial charge in [0.05, 0.1) is 5.69 Å². The molecular formula is C17H19N3O2S. The van der Waals surface area contributed by atoms with E-state index in [1.54, 1.807) is 0 Å². The third-order valence-corrected chi connectivity index (χ3v) is 5.10. The van der Waals surface area contributed by atoms with Gasteiger partial charge in [0.15, 0.2) is 5.13 Å². The summed E-state index contributed by atoms with van der Waals surface area (Å²) in [6, 6.07) is 7.80. The molecule has 0 saturated heterocycles. The SMILES string of the molecule is Cc1nc(NC(=O)CC[C@@H]2Cc3ccccc3NC2=O)sc1C. The van der Waals surface area contributed by atoms with Crippen molar-refractivity contribution < 1.29 is 9.59 Å². The minimum atomic E-state index is -0.157. The van der Waals surface area contributed by atoms with Crippen LogP contribution in [-0.4, -0.2) is 16.8 Å². The Kier molecular flexibility index (Phi) is 4.43. The first kappa shape index (κ1) is 15.7. The summed E-state index contributed by atoms with van der Waals surface area (Å²) in [6.07, 6.45) is 1.54. The Morgan fingerprint density at radius 3 is 2.91 bits per heavy atom. The predicted molar refractivity (Wildman–Crippen MR) is 91.7 cm³/mol. The van der Waals surface area contributed by atoms with Crippen LogP contribution in [0.1, 0.15) is 29.0 Å². The van der Waals surface area contributed by atoms with E-state index in [0.29, 0.717) is 24.4 Å². The zero-order valence-corrected chi connectivity index (χ0v) is 14.0. The van der Waals surface area contributed by atoms with Crippen LogP contribution in [0.5, 0.6) is 0 Å². The number of thiazole rings is 1. The topological polar surface area (TPSA) is 71.1 Å². The fourth-order valence-electron chi connectivity index (χ4n) is 2.66. The molecule has 6 heteroatoms. The molecule has 23 heavy (non-hydrogen) atoms. The van der Waals surface area contributed by atoms with Gasteiger partial charge in [-0.3, -0.25) is 9.59 Å². The fourth-order valence-corrected chi connectivity index (χ4v) is 3.49. The Hall–Kier alpha value is -2.21. The molecule has 1 aromatic carbocycles. The Morgan fingerprint density at radius 1 is 1.39 bits per heavy atom. The van der Waals surface area contributed by atoms with Crippen LogP contribution in [0.4, 0.5) is 10.8 Å². The molecule has 2 N–H and O–H groups in total. The molecule has 1 atom stereocenters. The molecular weight excluding hydrogens is 310 g/mol. The van der Waals surface area contributed by atoms with Gasteiger partial charge in [-0.25, -0.2) is 4.98 Å². The Bertz CT molecular complexity index is 735. The van der Waals surface area contributed by atoms with Crippen molar-refractivity contribution in [1.29, 1.82) is 0 Å². The summed E-state index contributed by atoms with van der Waals surface area (Å²) in [5, 5.41) is 6.36. The number of carbonyl (C=O) groups excluding carboxylic acids is 2. The minimum absolute atomic E-state index is 0.00237. The number of anilines is 2. The molecule has 0 unspecified atom stereocenters. The molecule has 2 heterocycles. The summed E-state index contributed by atoms with van der Waals surface area (Å²) in [4.78, 5) is 29.6. The highest BCUT2D eigenvalue weighted by molar-refractivity contribution is 7.15. The molecule has 0 bridgehead atoms. The standard InChI is InChI=1S/C17H19N3O2S/c1-10-11(2)23-17(18-10)20-15(21)8-7-13-9-12-5-3-4-6-14(12)19-16(13)22/h3-6,13H,7-9H2,1-2H3,(H,19,22)(H,18,20,21)/t13-/m1/s1. The van der Waals surface area contributed by atoms with Crippen LogP contribution in [0.25, 0.3) is 0 Å². The number of fused-ring (bicyclic) bond motifs is 1. The summed E-state index contributed by atoms with van der Waals surface area (Å²) in [5.41, 5.74) is 2.95. The van der Waals surface area contributed by atoms with E-state index >= 15 is 0 Å². The summed E-state index contributed by atoms with van der Waals surface area (Å²) >= 11 is 1.47. The van der Waals surface area contributed by atoms with E-state index in [0.717, 1.165) is 21.8 Å². The van der Waals surface area contributed by atoms with E-state index in [4.69, 9.17) is 0 Å². The van der Waals surface area contributed by atoms with Gasteiger partial charge in [0, 0.05) is 22.9 Å². The maximum Gasteiger partial charge on any atom is 0.227 e. The lowest BCUT2D eigenvalue weighted by Crippen LogP contribution is -2.30. The fraction of sp³-hybridized carbons (Fsp3) is 0.353. The van der Waals surface area contributed by atoms with Crippen molar-refractivity contribution in [3.8, 4) is 0 Å². The lowest BCUT2D eigenvalue weighted by Gasteiger charge is -2.24. The summed E-state index contributed by atoms with van der Waals surface area (Å²) in [5.74, 6) is -0.252. The van der Waals surface area contributed by atoms with Crippen molar-refractivity contribution >= 4 is 34.0 Å². The molecule has 0 aliphatic carbocycles. The third-order valence-electron chi connectivity index (χ3n) is 4.11. The van der Waals surface area contributed by atoms with Crippen molar-refractivity contribution in [3.63, 3.8) is 0 Å². The van der Waals surface area contributed by atoms with Crippen LogP contribution in [0.2, 0.25) is 0 Å². The van der Waals surface area contributed by atoms with Crippen LogP contribution in [0, 0.1) is 19.8 Å². The van der Waals surface area contributed by atoms with Gasteiger partial charge >= 0.3 is 0 Å². The van der Waals surface area contributed by atoms with Crippen molar-refractivity contribution in [1.82, 2.24) is 4.98 Å². The molecule has 0 fully saturated rings. The Morgan fingerprint density at radius 2 is 2.17 bits per heavy atom. The maximum atomic E-state index is 12.1. The molecule has 120 valence electrons. The highest BCUT2D eigenvalue weighted by atomic mass is 32.1. The third kappa shape index (κ3) is 3.59. The molecule has 1 aliphatic rings.